The molecule has 6 heteroatoms. The van der Waals surface area contributed by atoms with Gasteiger partial charge in [0.15, 0.2) is 6.10 Å². The maximum Gasteiger partial charge on any atom is 0.251 e. The van der Waals surface area contributed by atoms with Crippen molar-refractivity contribution in [3.05, 3.63) is 35.9 Å². The SMILES string of the molecule is CN(C)C(C)(C)CNC(=O)[C@H]1OCC(=O)N[C@@H]1c1ccccc1. The lowest BCUT2D eigenvalue weighted by Crippen LogP contribution is -2.55. The number of benzene rings is 1. The maximum atomic E-state index is 12.6. The molecule has 1 aromatic rings. The average molecular weight is 319 g/mol. The molecule has 2 rings (SSSR count). The summed E-state index contributed by atoms with van der Waals surface area (Å²) in [6, 6.07) is 8.93. The fourth-order valence-electron chi connectivity index (χ4n) is 2.26. The molecule has 0 bridgehead atoms. The zero-order valence-corrected chi connectivity index (χ0v) is 14.1. The summed E-state index contributed by atoms with van der Waals surface area (Å²) in [6.45, 7) is 4.49. The number of rotatable bonds is 5. The van der Waals surface area contributed by atoms with Crippen LogP contribution in [0, 0.1) is 0 Å². The average Bonchev–Trinajstić information content (AvgIpc) is 2.53. The monoisotopic (exact) mass is 319 g/mol. The van der Waals surface area contributed by atoms with Gasteiger partial charge in [-0.25, -0.2) is 0 Å². The Morgan fingerprint density at radius 1 is 1.35 bits per heavy atom. The lowest BCUT2D eigenvalue weighted by atomic mass is 9.98. The number of carbonyl (C=O) groups excluding carboxylic acids is 2. The van der Waals surface area contributed by atoms with Crippen molar-refractivity contribution in [1.82, 2.24) is 15.5 Å². The largest absolute Gasteiger partial charge is 0.356 e. The van der Waals surface area contributed by atoms with E-state index in [1.165, 1.54) is 0 Å². The topological polar surface area (TPSA) is 70.7 Å². The Hall–Kier alpha value is -1.92. The molecule has 126 valence electrons. The molecule has 1 saturated heterocycles. The fraction of sp³-hybridized carbons (Fsp3) is 0.529. The van der Waals surface area contributed by atoms with E-state index in [9.17, 15) is 9.59 Å². The van der Waals surface area contributed by atoms with Crippen molar-refractivity contribution >= 4 is 11.8 Å². The van der Waals surface area contributed by atoms with Crippen LogP contribution < -0.4 is 10.6 Å². The van der Waals surface area contributed by atoms with Gasteiger partial charge in [0.2, 0.25) is 5.91 Å². The Balaban J connectivity index is 2.09. The molecule has 0 aliphatic carbocycles. The van der Waals surface area contributed by atoms with Crippen LogP contribution in [0.15, 0.2) is 30.3 Å². The lowest BCUT2D eigenvalue weighted by molar-refractivity contribution is -0.148. The Morgan fingerprint density at radius 3 is 2.61 bits per heavy atom. The summed E-state index contributed by atoms with van der Waals surface area (Å²) in [5, 5.41) is 5.78. The Kier molecular flexibility index (Phi) is 5.38. The minimum absolute atomic E-state index is 0.0987. The molecule has 0 aromatic heterocycles. The number of ether oxygens (including phenoxy) is 1. The number of nitrogens with zero attached hydrogens (tertiary/aromatic N) is 1. The summed E-state index contributed by atoms with van der Waals surface area (Å²) in [5.41, 5.74) is 0.683. The van der Waals surface area contributed by atoms with Gasteiger partial charge in [0.1, 0.15) is 6.61 Å². The van der Waals surface area contributed by atoms with Crippen LogP contribution in [0.2, 0.25) is 0 Å². The number of likely N-dealkylation sites (N-methyl/N-ethyl adjacent to an activating group) is 1. The van der Waals surface area contributed by atoms with Crippen molar-refractivity contribution in [3.63, 3.8) is 0 Å². The van der Waals surface area contributed by atoms with Crippen LogP contribution >= 0.6 is 0 Å². The summed E-state index contributed by atoms with van der Waals surface area (Å²) in [5.74, 6) is -0.426. The highest BCUT2D eigenvalue weighted by atomic mass is 16.5. The fourth-order valence-corrected chi connectivity index (χ4v) is 2.26. The summed E-state index contributed by atoms with van der Waals surface area (Å²) < 4.78 is 5.51. The van der Waals surface area contributed by atoms with Crippen molar-refractivity contribution in [3.8, 4) is 0 Å². The standard InChI is InChI=1S/C17H25N3O3/c1-17(2,20(3)4)11-18-16(22)15-14(19-13(21)10-23-15)12-8-6-5-7-9-12/h5-9,14-15H,10-11H2,1-4H3,(H,18,22)(H,19,21)/t14-,15+/m1/s1. The van der Waals surface area contributed by atoms with E-state index in [0.29, 0.717) is 6.54 Å². The van der Waals surface area contributed by atoms with Crippen LogP contribution in [0.1, 0.15) is 25.5 Å². The molecule has 2 atom stereocenters. The second kappa shape index (κ2) is 7.10. The molecule has 2 amide bonds. The number of hydrogen-bond acceptors (Lipinski definition) is 4. The second-order valence-corrected chi connectivity index (χ2v) is 6.61. The molecular formula is C17H25N3O3. The number of hydrogen-bond donors (Lipinski definition) is 2. The summed E-state index contributed by atoms with van der Waals surface area (Å²) in [7, 11) is 3.94. The molecule has 1 aromatic carbocycles. The van der Waals surface area contributed by atoms with Crippen LogP contribution in [-0.4, -0.2) is 55.6 Å². The Bertz CT molecular complexity index is 557. The van der Waals surface area contributed by atoms with E-state index in [4.69, 9.17) is 4.74 Å². The first kappa shape index (κ1) is 17.4. The molecular weight excluding hydrogens is 294 g/mol. The molecule has 0 spiro atoms. The highest BCUT2D eigenvalue weighted by molar-refractivity contribution is 5.86. The minimum Gasteiger partial charge on any atom is -0.356 e. The first-order valence-electron chi connectivity index (χ1n) is 7.72. The van der Waals surface area contributed by atoms with E-state index in [1.807, 2.05) is 63.2 Å². The first-order chi connectivity index (χ1) is 10.8. The van der Waals surface area contributed by atoms with Crippen molar-refractivity contribution in [2.75, 3.05) is 27.2 Å². The molecule has 1 fully saturated rings. The third-order valence-electron chi connectivity index (χ3n) is 4.34. The van der Waals surface area contributed by atoms with Gasteiger partial charge in [0.25, 0.3) is 5.91 Å². The zero-order chi connectivity index (χ0) is 17.0. The molecule has 1 aliphatic heterocycles. The molecule has 1 heterocycles. The number of morpholine rings is 1. The van der Waals surface area contributed by atoms with Gasteiger partial charge >= 0.3 is 0 Å². The van der Waals surface area contributed by atoms with E-state index >= 15 is 0 Å². The van der Waals surface area contributed by atoms with Gasteiger partial charge < -0.3 is 20.3 Å². The van der Waals surface area contributed by atoms with Gasteiger partial charge in [0, 0.05) is 12.1 Å². The van der Waals surface area contributed by atoms with E-state index < -0.39 is 12.1 Å². The zero-order valence-electron chi connectivity index (χ0n) is 14.1. The summed E-state index contributed by atoms with van der Waals surface area (Å²) in [6.07, 6.45) is -0.729. The van der Waals surface area contributed by atoms with E-state index in [2.05, 4.69) is 10.6 Å². The third-order valence-corrected chi connectivity index (χ3v) is 4.34. The van der Waals surface area contributed by atoms with Crippen molar-refractivity contribution in [2.24, 2.45) is 0 Å². The second-order valence-electron chi connectivity index (χ2n) is 6.61. The lowest BCUT2D eigenvalue weighted by Gasteiger charge is -2.35. The maximum absolute atomic E-state index is 12.6. The van der Waals surface area contributed by atoms with Crippen molar-refractivity contribution in [1.29, 1.82) is 0 Å². The summed E-state index contributed by atoms with van der Waals surface area (Å²) >= 11 is 0. The van der Waals surface area contributed by atoms with Crippen LogP contribution in [0.4, 0.5) is 0 Å². The van der Waals surface area contributed by atoms with Crippen molar-refractivity contribution in [2.45, 2.75) is 31.5 Å². The van der Waals surface area contributed by atoms with E-state index in [0.717, 1.165) is 5.56 Å². The first-order valence-corrected chi connectivity index (χ1v) is 7.72. The highest BCUT2D eigenvalue weighted by Gasteiger charge is 2.36. The molecule has 0 unspecified atom stereocenters. The van der Waals surface area contributed by atoms with Gasteiger partial charge in [0.05, 0.1) is 6.04 Å². The Morgan fingerprint density at radius 2 is 2.00 bits per heavy atom. The van der Waals surface area contributed by atoms with E-state index in [-0.39, 0.29) is 24.0 Å². The van der Waals surface area contributed by atoms with E-state index in [1.54, 1.807) is 0 Å². The van der Waals surface area contributed by atoms with Gasteiger partial charge in [-0.15, -0.1) is 0 Å². The number of carbonyl (C=O) groups is 2. The minimum atomic E-state index is -0.729. The smallest absolute Gasteiger partial charge is 0.251 e. The normalized spacial score (nSPS) is 21.9. The molecule has 1 aliphatic rings. The van der Waals surface area contributed by atoms with Gasteiger partial charge in [-0.2, -0.15) is 0 Å². The summed E-state index contributed by atoms with van der Waals surface area (Å²) in [4.78, 5) is 26.2. The highest BCUT2D eigenvalue weighted by Crippen LogP contribution is 2.22. The van der Waals surface area contributed by atoms with Crippen LogP contribution in [-0.2, 0) is 14.3 Å². The number of nitrogens with one attached hydrogen (secondary N) is 2. The predicted molar refractivity (Wildman–Crippen MR) is 87.8 cm³/mol. The quantitative estimate of drug-likeness (QED) is 0.838. The molecule has 0 saturated carbocycles. The predicted octanol–water partition coefficient (Wildman–Crippen LogP) is 0.699. The van der Waals surface area contributed by atoms with Gasteiger partial charge in [-0.05, 0) is 33.5 Å². The van der Waals surface area contributed by atoms with Crippen LogP contribution in [0.25, 0.3) is 0 Å². The molecule has 23 heavy (non-hydrogen) atoms. The number of amides is 2. The third kappa shape index (κ3) is 4.30. The van der Waals surface area contributed by atoms with Crippen LogP contribution in [0.3, 0.4) is 0 Å². The molecule has 0 radical (unpaired) electrons. The van der Waals surface area contributed by atoms with Crippen LogP contribution in [0.5, 0.6) is 0 Å². The van der Waals surface area contributed by atoms with Gasteiger partial charge in [-0.1, -0.05) is 30.3 Å². The van der Waals surface area contributed by atoms with Gasteiger partial charge in [-0.3, -0.25) is 9.59 Å². The molecule has 6 nitrogen and oxygen atoms in total. The van der Waals surface area contributed by atoms with Crippen molar-refractivity contribution < 1.29 is 14.3 Å². The Labute approximate surface area is 137 Å². The molecule has 2 N–H and O–H groups in total.